The Labute approximate surface area is 374 Å². The summed E-state index contributed by atoms with van der Waals surface area (Å²) < 4.78 is 21.8. The third kappa shape index (κ3) is 8.41. The molecule has 0 aliphatic carbocycles. The van der Waals surface area contributed by atoms with E-state index >= 15 is 0 Å². The number of methoxy groups -OCH3 is 3. The van der Waals surface area contributed by atoms with E-state index in [9.17, 15) is 19.2 Å². The molecule has 4 aliphatic rings. The summed E-state index contributed by atoms with van der Waals surface area (Å²) in [6.07, 6.45) is 4.91. The zero-order chi connectivity index (χ0) is 45.4. The van der Waals surface area contributed by atoms with Gasteiger partial charge in [0.1, 0.15) is 30.3 Å². The van der Waals surface area contributed by atoms with Gasteiger partial charge in [-0.05, 0) is 95.3 Å². The predicted octanol–water partition coefficient (Wildman–Crippen LogP) is 7.87. The summed E-state index contributed by atoms with van der Waals surface area (Å²) in [7, 11) is 4.29. The zero-order valence-electron chi connectivity index (χ0n) is 38.2. The van der Waals surface area contributed by atoms with E-state index < -0.39 is 24.3 Å². The average molecular weight is 876 g/mol. The van der Waals surface area contributed by atoms with Gasteiger partial charge in [0.15, 0.2) is 0 Å². The topological polar surface area (TPSA) is 177 Å². The van der Waals surface area contributed by atoms with E-state index in [-0.39, 0.29) is 47.7 Å². The van der Waals surface area contributed by atoms with Gasteiger partial charge in [-0.25, -0.2) is 14.6 Å². The van der Waals surface area contributed by atoms with Crippen molar-refractivity contribution in [3.05, 3.63) is 65.6 Å². The number of carbonyl (C=O) groups excluding carboxylic acids is 4. The monoisotopic (exact) mass is 875 g/mol. The molecule has 64 heavy (non-hydrogen) atoms. The smallest absolute Gasteiger partial charge is 0.407 e. The molecule has 2 saturated heterocycles. The van der Waals surface area contributed by atoms with E-state index in [1.54, 1.807) is 7.11 Å². The first-order chi connectivity index (χ1) is 30.9. The first kappa shape index (κ1) is 44.6. The molecule has 8 rings (SSSR count). The van der Waals surface area contributed by atoms with Crippen LogP contribution in [0.5, 0.6) is 5.75 Å². The van der Waals surface area contributed by atoms with Crippen LogP contribution in [0.2, 0.25) is 0 Å². The second-order valence-electron chi connectivity index (χ2n) is 18.0. The first-order valence-electron chi connectivity index (χ1n) is 22.7. The van der Waals surface area contributed by atoms with Gasteiger partial charge in [0.25, 0.3) is 0 Å². The van der Waals surface area contributed by atoms with Crippen LogP contribution in [0.25, 0.3) is 33.2 Å². The summed E-state index contributed by atoms with van der Waals surface area (Å²) in [6, 6.07) is 12.9. The fourth-order valence-electron chi connectivity index (χ4n) is 10.1. The number of aromatic amines is 1. The molecule has 1 unspecified atom stereocenters. The number of amides is 4. The Balaban J connectivity index is 1.02. The predicted molar refractivity (Wildman–Crippen MR) is 243 cm³/mol. The fourth-order valence-corrected chi connectivity index (χ4v) is 10.1. The van der Waals surface area contributed by atoms with Gasteiger partial charge < -0.3 is 44.4 Å². The zero-order valence-corrected chi connectivity index (χ0v) is 38.2. The Hall–Kier alpha value is -5.96. The largest absolute Gasteiger partial charge is 0.488 e. The number of aromatic nitrogens is 2. The lowest BCUT2D eigenvalue weighted by Crippen LogP contribution is -2.54. The minimum Gasteiger partial charge on any atom is -0.488 e. The summed E-state index contributed by atoms with van der Waals surface area (Å²) in [5.74, 6) is 1.22. The molecule has 340 valence electrons. The van der Waals surface area contributed by atoms with Crippen LogP contribution in [0.3, 0.4) is 0 Å². The molecule has 0 bridgehead atoms. The van der Waals surface area contributed by atoms with Gasteiger partial charge in [-0.1, -0.05) is 58.7 Å². The van der Waals surface area contributed by atoms with E-state index in [4.69, 9.17) is 28.9 Å². The number of alkyl carbamates (subject to hydrolysis) is 2. The molecule has 2 fully saturated rings. The molecule has 3 aromatic carbocycles. The minimum atomic E-state index is -0.721. The number of ether oxygens (including phenoxy) is 4. The lowest BCUT2D eigenvalue weighted by molar-refractivity contribution is -0.137. The van der Waals surface area contributed by atoms with Gasteiger partial charge in [-0.2, -0.15) is 0 Å². The second kappa shape index (κ2) is 18.6. The number of nitrogens with zero attached hydrogens (tertiary/aromatic N) is 4. The number of hydrogen-bond donors (Lipinski definition) is 3. The van der Waals surface area contributed by atoms with Crippen LogP contribution in [-0.4, -0.2) is 108 Å². The van der Waals surface area contributed by atoms with E-state index in [1.165, 1.54) is 14.2 Å². The molecule has 0 radical (unpaired) electrons. The van der Waals surface area contributed by atoms with Crippen molar-refractivity contribution in [2.24, 2.45) is 22.7 Å². The van der Waals surface area contributed by atoms with Crippen molar-refractivity contribution in [2.45, 2.75) is 110 Å². The van der Waals surface area contributed by atoms with Crippen molar-refractivity contribution >= 4 is 46.2 Å². The lowest BCUT2D eigenvalue weighted by Gasteiger charge is -2.33. The maximum Gasteiger partial charge on any atom is 0.407 e. The van der Waals surface area contributed by atoms with Crippen molar-refractivity contribution in [1.82, 2.24) is 30.4 Å². The molecule has 15 heteroatoms. The number of benzene rings is 3. The number of fused-ring (bicyclic) bond motifs is 6. The Morgan fingerprint density at radius 1 is 0.891 bits per heavy atom. The SMILES string of the molecule is CC[C@H](C)C(NC(=O)OC)C(=O)N1C[C@@H](COC)C[C@H]1C1=Nc2ccc3cc4c(cc3c2C1)OCc1cc(-c2cnc([C@@H]3CC[C@H](C)N3C(=O)[C@@H](NC(=O)OC)[C@@H](C)CC)[nH]2)ccc1-4. The minimum absolute atomic E-state index is 0.0162. The molecule has 0 spiro atoms. The summed E-state index contributed by atoms with van der Waals surface area (Å²) >= 11 is 0. The molecule has 0 saturated carbocycles. The lowest BCUT2D eigenvalue weighted by atomic mass is 9.90. The number of likely N-dealkylation sites (tertiary alicyclic amines) is 2. The quantitative estimate of drug-likeness (QED) is 0.121. The van der Waals surface area contributed by atoms with E-state index in [0.29, 0.717) is 38.4 Å². The van der Waals surface area contributed by atoms with E-state index in [1.807, 2.05) is 50.6 Å². The maximum atomic E-state index is 14.3. The molecular weight excluding hydrogens is 815 g/mol. The number of imidazole rings is 1. The molecule has 4 aromatic rings. The summed E-state index contributed by atoms with van der Waals surface area (Å²) in [5.41, 5.74) is 7.90. The van der Waals surface area contributed by atoms with Crippen molar-refractivity contribution in [2.75, 3.05) is 34.5 Å². The van der Waals surface area contributed by atoms with Crippen LogP contribution in [-0.2, 0) is 36.8 Å². The van der Waals surface area contributed by atoms with E-state index in [0.717, 1.165) is 87.1 Å². The number of nitrogens with one attached hydrogen (secondary N) is 3. The standard InChI is InChI=1S/C49H61N7O8/c1-9-26(3)43(53-48(59)62-7)46(57)55-23-29(24-61-6)17-41(55)38-20-35-34-21-42-36(19-30(34)13-15-37(35)51-38)33-14-12-31(18-32(33)25-64-42)39-22-50-45(52-39)40-16-11-28(5)56(40)47(58)44(27(4)10-2)54-49(60)63-8/h12-15,18-19,21-22,26-29,40-41,43-44H,9-11,16-17,20,23-25H2,1-8H3,(H,50,52)(H,53,59)(H,54,60)/t26-,27-,28-,29-,40-,41-,43?,44-/m0/s1. The van der Waals surface area contributed by atoms with Gasteiger partial charge in [0.2, 0.25) is 11.8 Å². The Kier molecular flexibility index (Phi) is 13.0. The molecule has 1 aromatic heterocycles. The highest BCUT2D eigenvalue weighted by Gasteiger charge is 2.44. The van der Waals surface area contributed by atoms with Gasteiger partial charge in [-0.3, -0.25) is 14.6 Å². The summed E-state index contributed by atoms with van der Waals surface area (Å²) in [4.78, 5) is 70.1. The molecule has 3 N–H and O–H groups in total. The normalized spacial score (nSPS) is 21.8. The number of hydrogen-bond acceptors (Lipinski definition) is 10. The highest BCUT2D eigenvalue weighted by atomic mass is 16.5. The van der Waals surface area contributed by atoms with Crippen LogP contribution in [0.1, 0.15) is 89.7 Å². The Bertz CT molecular complexity index is 2470. The highest BCUT2D eigenvalue weighted by Crippen LogP contribution is 2.45. The van der Waals surface area contributed by atoms with E-state index in [2.05, 4.69) is 58.1 Å². The number of rotatable bonds is 13. The molecular formula is C49H61N7O8. The van der Waals surface area contributed by atoms with Gasteiger partial charge in [0.05, 0.1) is 50.5 Å². The molecule has 15 nitrogen and oxygen atoms in total. The van der Waals surface area contributed by atoms with Crippen molar-refractivity contribution < 1.29 is 38.1 Å². The Morgan fingerprint density at radius 2 is 1.61 bits per heavy atom. The van der Waals surface area contributed by atoms with Crippen molar-refractivity contribution in [1.29, 1.82) is 0 Å². The average Bonchev–Trinajstić information content (AvgIpc) is 4.14. The van der Waals surface area contributed by atoms with Crippen molar-refractivity contribution in [3.63, 3.8) is 0 Å². The molecule has 4 aliphatic heterocycles. The van der Waals surface area contributed by atoms with Crippen LogP contribution in [0.4, 0.5) is 15.3 Å². The third-order valence-corrected chi connectivity index (χ3v) is 14.1. The molecule has 8 atom stereocenters. The number of carbonyl (C=O) groups is 4. The fraction of sp³-hybridized carbons (Fsp3) is 0.510. The van der Waals surface area contributed by atoms with Crippen LogP contribution < -0.4 is 15.4 Å². The summed E-state index contributed by atoms with van der Waals surface area (Å²) in [5, 5.41) is 7.73. The number of aliphatic imine (C=N–C) groups is 1. The highest BCUT2D eigenvalue weighted by molar-refractivity contribution is 6.06. The van der Waals surface area contributed by atoms with Gasteiger partial charge in [-0.15, -0.1) is 0 Å². The third-order valence-electron chi connectivity index (χ3n) is 14.1. The summed E-state index contributed by atoms with van der Waals surface area (Å²) in [6.45, 7) is 11.4. The van der Waals surface area contributed by atoms with Crippen LogP contribution in [0, 0.1) is 17.8 Å². The maximum absolute atomic E-state index is 14.3. The van der Waals surface area contributed by atoms with Gasteiger partial charge >= 0.3 is 12.2 Å². The second-order valence-corrected chi connectivity index (χ2v) is 18.0. The molecule has 5 heterocycles. The molecule has 4 amide bonds. The first-order valence-corrected chi connectivity index (χ1v) is 22.7. The van der Waals surface area contributed by atoms with Crippen molar-refractivity contribution in [3.8, 4) is 28.1 Å². The van der Waals surface area contributed by atoms with Crippen LogP contribution in [0.15, 0.2) is 53.7 Å². The van der Waals surface area contributed by atoms with Crippen LogP contribution >= 0.6 is 0 Å². The Morgan fingerprint density at radius 3 is 2.30 bits per heavy atom. The number of H-pyrrole nitrogens is 1. The van der Waals surface area contributed by atoms with Gasteiger partial charge in [0, 0.05) is 43.3 Å².